The molecule has 0 radical (unpaired) electrons. The molecular weight excluding hydrogens is 320 g/mol. The van der Waals surface area contributed by atoms with Crippen molar-refractivity contribution < 1.29 is 9.00 Å². The molecule has 1 aromatic rings. The highest BCUT2D eigenvalue weighted by Gasteiger charge is 2.19. The Kier molecular flexibility index (Phi) is 6.75. The Balaban J connectivity index is 1.90. The molecule has 0 aliphatic carbocycles. The number of aryl methyl sites for hydroxylation is 3. The van der Waals surface area contributed by atoms with Gasteiger partial charge in [0.15, 0.2) is 0 Å². The van der Waals surface area contributed by atoms with Gasteiger partial charge in [0.05, 0.1) is 0 Å². The average Bonchev–Trinajstić information content (AvgIpc) is 2.55. The Labute approximate surface area is 148 Å². The highest BCUT2D eigenvalue weighted by atomic mass is 32.2. The van der Waals surface area contributed by atoms with E-state index in [0.29, 0.717) is 5.75 Å². The van der Waals surface area contributed by atoms with E-state index in [9.17, 15) is 9.00 Å². The zero-order valence-electron chi connectivity index (χ0n) is 15.2. The largest absolute Gasteiger partial charge is 0.337 e. The maximum Gasteiger partial charge on any atom is 0.246 e. The topological polar surface area (TPSA) is 40.6 Å². The zero-order valence-corrected chi connectivity index (χ0v) is 16.0. The predicted molar refractivity (Wildman–Crippen MR) is 102 cm³/mol. The van der Waals surface area contributed by atoms with Crippen molar-refractivity contribution in [3.05, 3.63) is 40.5 Å². The van der Waals surface area contributed by atoms with Crippen LogP contribution in [0.15, 0.2) is 18.2 Å². The second-order valence-electron chi connectivity index (χ2n) is 6.57. The van der Waals surface area contributed by atoms with E-state index in [4.69, 9.17) is 0 Å². The average molecular weight is 349 g/mol. The molecule has 0 N–H and O–H groups in total. The van der Waals surface area contributed by atoms with Crippen LogP contribution in [-0.2, 0) is 15.6 Å². The molecule has 4 nitrogen and oxygen atoms in total. The van der Waals surface area contributed by atoms with E-state index in [2.05, 4.69) is 37.8 Å². The second-order valence-corrected chi connectivity index (χ2v) is 8.13. The van der Waals surface area contributed by atoms with Crippen LogP contribution in [0.2, 0.25) is 0 Å². The van der Waals surface area contributed by atoms with Gasteiger partial charge in [-0.25, -0.2) is 0 Å². The van der Waals surface area contributed by atoms with Gasteiger partial charge in [-0.2, -0.15) is 0 Å². The number of hydrogen-bond acceptors (Lipinski definition) is 3. The lowest BCUT2D eigenvalue weighted by molar-refractivity contribution is -0.127. The fourth-order valence-corrected chi connectivity index (χ4v) is 3.39. The molecule has 1 heterocycles. The third-order valence-corrected chi connectivity index (χ3v) is 5.42. The first kappa shape index (κ1) is 18.9. The first-order valence-corrected chi connectivity index (χ1v) is 10.2. The molecule has 2 rings (SSSR count). The maximum atomic E-state index is 12.4. The summed E-state index contributed by atoms with van der Waals surface area (Å²) >= 11 is 0. The Morgan fingerprint density at radius 1 is 1.08 bits per heavy atom. The molecule has 1 atom stereocenters. The molecule has 1 aliphatic rings. The lowest BCUT2D eigenvalue weighted by Gasteiger charge is -2.34. The van der Waals surface area contributed by atoms with Crippen molar-refractivity contribution in [1.82, 2.24) is 9.80 Å². The Bertz CT molecular complexity index is 647. The van der Waals surface area contributed by atoms with Crippen molar-refractivity contribution >= 4 is 22.8 Å². The number of nitrogens with zero attached hydrogens (tertiary/aromatic N) is 2. The Hall–Kier alpha value is -1.46. The number of piperazine rings is 1. The number of hydrogen-bond donors (Lipinski definition) is 0. The summed E-state index contributed by atoms with van der Waals surface area (Å²) in [5.41, 5.74) is 4.82. The SMILES string of the molecule is Cc1cc(C)c(/C=C\C(=O)N2CCN(CC[S@](C)=O)CC2)cc1C. The van der Waals surface area contributed by atoms with Gasteiger partial charge in [-0.05, 0) is 49.1 Å². The minimum atomic E-state index is -0.748. The molecule has 0 unspecified atom stereocenters. The van der Waals surface area contributed by atoms with Gasteiger partial charge in [0.2, 0.25) is 5.91 Å². The second kappa shape index (κ2) is 8.58. The molecule has 5 heteroatoms. The van der Waals surface area contributed by atoms with Gasteiger partial charge in [0.25, 0.3) is 0 Å². The van der Waals surface area contributed by atoms with E-state index in [0.717, 1.165) is 38.3 Å². The summed E-state index contributed by atoms with van der Waals surface area (Å²) in [5, 5.41) is 0. The van der Waals surface area contributed by atoms with Crippen molar-refractivity contribution in [1.29, 1.82) is 0 Å². The van der Waals surface area contributed by atoms with Gasteiger partial charge in [0.1, 0.15) is 0 Å². The summed E-state index contributed by atoms with van der Waals surface area (Å²) in [6, 6.07) is 4.30. The van der Waals surface area contributed by atoms with Crippen molar-refractivity contribution in [3.8, 4) is 0 Å². The third-order valence-electron chi connectivity index (χ3n) is 4.67. The number of carbonyl (C=O) groups is 1. The molecule has 0 spiro atoms. The summed E-state index contributed by atoms with van der Waals surface area (Å²) in [7, 11) is -0.748. The van der Waals surface area contributed by atoms with Crippen LogP contribution in [0.5, 0.6) is 0 Å². The molecule has 0 aromatic heterocycles. The van der Waals surface area contributed by atoms with Crippen LogP contribution in [-0.4, -0.2) is 64.6 Å². The van der Waals surface area contributed by atoms with Crippen molar-refractivity contribution in [2.24, 2.45) is 0 Å². The molecule has 1 saturated heterocycles. The summed E-state index contributed by atoms with van der Waals surface area (Å²) in [5.74, 6) is 0.784. The fraction of sp³-hybridized carbons (Fsp3) is 0.526. The predicted octanol–water partition coefficient (Wildman–Crippen LogP) is 2.15. The summed E-state index contributed by atoms with van der Waals surface area (Å²) < 4.78 is 11.2. The summed E-state index contributed by atoms with van der Waals surface area (Å²) in [6.45, 7) is 10.3. The Morgan fingerprint density at radius 2 is 1.71 bits per heavy atom. The summed E-state index contributed by atoms with van der Waals surface area (Å²) in [4.78, 5) is 16.6. The minimum Gasteiger partial charge on any atom is -0.337 e. The van der Waals surface area contributed by atoms with Crippen molar-refractivity contribution in [3.63, 3.8) is 0 Å². The van der Waals surface area contributed by atoms with Gasteiger partial charge in [-0.3, -0.25) is 13.9 Å². The van der Waals surface area contributed by atoms with E-state index < -0.39 is 10.8 Å². The maximum absolute atomic E-state index is 12.4. The third kappa shape index (κ3) is 5.28. The van der Waals surface area contributed by atoms with Crippen LogP contribution in [0.3, 0.4) is 0 Å². The highest BCUT2D eigenvalue weighted by Crippen LogP contribution is 2.17. The first-order chi connectivity index (χ1) is 11.4. The number of rotatable bonds is 5. The smallest absolute Gasteiger partial charge is 0.246 e. The van der Waals surface area contributed by atoms with Gasteiger partial charge in [-0.1, -0.05) is 12.1 Å². The zero-order chi connectivity index (χ0) is 17.7. The van der Waals surface area contributed by atoms with E-state index in [1.54, 1.807) is 12.3 Å². The van der Waals surface area contributed by atoms with Gasteiger partial charge >= 0.3 is 0 Å². The molecule has 1 aliphatic heterocycles. The van der Waals surface area contributed by atoms with Crippen molar-refractivity contribution in [2.45, 2.75) is 20.8 Å². The molecule has 1 fully saturated rings. The van der Waals surface area contributed by atoms with Crippen LogP contribution in [0.25, 0.3) is 6.08 Å². The monoisotopic (exact) mass is 348 g/mol. The normalized spacial score (nSPS) is 17.4. The van der Waals surface area contributed by atoms with Crippen LogP contribution < -0.4 is 0 Å². The van der Waals surface area contributed by atoms with Gasteiger partial charge < -0.3 is 4.90 Å². The summed E-state index contributed by atoms with van der Waals surface area (Å²) in [6.07, 6.45) is 5.35. The van der Waals surface area contributed by atoms with E-state index in [1.165, 1.54) is 16.7 Å². The standard InChI is InChI=1S/C19H28N2O2S/c1-15-13-17(3)18(14-16(15)2)5-6-19(22)21-9-7-20(8-10-21)11-12-24(4)23/h5-6,13-14H,7-12H2,1-4H3/b6-5-/t24-/m0/s1. The van der Waals surface area contributed by atoms with Gasteiger partial charge in [-0.15, -0.1) is 0 Å². The molecule has 0 saturated carbocycles. The van der Waals surface area contributed by atoms with Crippen LogP contribution in [0, 0.1) is 20.8 Å². The lowest BCUT2D eigenvalue weighted by Crippen LogP contribution is -2.49. The molecule has 132 valence electrons. The molecule has 1 aromatic carbocycles. The highest BCUT2D eigenvalue weighted by molar-refractivity contribution is 7.84. The number of carbonyl (C=O) groups excluding carboxylic acids is 1. The van der Waals surface area contributed by atoms with E-state index in [-0.39, 0.29) is 5.91 Å². The Morgan fingerprint density at radius 3 is 2.33 bits per heavy atom. The molecule has 24 heavy (non-hydrogen) atoms. The first-order valence-electron chi connectivity index (χ1n) is 8.44. The van der Waals surface area contributed by atoms with Crippen molar-refractivity contribution in [2.75, 3.05) is 44.7 Å². The minimum absolute atomic E-state index is 0.0753. The lowest BCUT2D eigenvalue weighted by atomic mass is 10.0. The number of amides is 1. The number of benzene rings is 1. The van der Waals surface area contributed by atoms with Gasteiger partial charge in [0, 0.05) is 61.6 Å². The van der Waals surface area contributed by atoms with Crippen LogP contribution in [0.1, 0.15) is 22.3 Å². The van der Waals surface area contributed by atoms with Crippen LogP contribution in [0.4, 0.5) is 0 Å². The molecule has 1 amide bonds. The fourth-order valence-electron chi connectivity index (χ4n) is 2.88. The van der Waals surface area contributed by atoms with E-state index >= 15 is 0 Å². The molecule has 0 bridgehead atoms. The quantitative estimate of drug-likeness (QED) is 0.766. The van der Waals surface area contributed by atoms with E-state index in [1.807, 2.05) is 11.0 Å². The van der Waals surface area contributed by atoms with Crippen LogP contribution >= 0.6 is 0 Å². The molecular formula is C19H28N2O2S.